The molecule has 0 spiro atoms. The minimum atomic E-state index is 0.329. The van der Waals surface area contributed by atoms with E-state index in [1.165, 1.54) is 21.6 Å². The summed E-state index contributed by atoms with van der Waals surface area (Å²) in [5.41, 5.74) is 3.82. The first-order chi connectivity index (χ1) is 13.0. The van der Waals surface area contributed by atoms with Gasteiger partial charge >= 0.3 is 0 Å². The maximum atomic E-state index is 6.28. The molecular formula is C22H28ClN3S. The average molecular weight is 402 g/mol. The van der Waals surface area contributed by atoms with Crippen LogP contribution in [-0.2, 0) is 0 Å². The Morgan fingerprint density at radius 3 is 2.41 bits per heavy atom. The number of thiophene rings is 1. The van der Waals surface area contributed by atoms with Crippen LogP contribution in [0.2, 0.25) is 5.28 Å². The number of anilines is 1. The standard InChI is InChI=1S/C22H28ClN3S/c1-6-8-13-26(7-2)20-19-18(15(5)27-21(19)25-22(23)24-20)17-11-9-16(10-12-17)14(3)4/h9-12,14H,6-8,13H2,1-5H3. The van der Waals surface area contributed by atoms with Crippen molar-refractivity contribution in [3.8, 4) is 11.1 Å². The zero-order valence-electron chi connectivity index (χ0n) is 16.8. The molecule has 3 rings (SSSR count). The van der Waals surface area contributed by atoms with Gasteiger partial charge in [-0.1, -0.05) is 51.5 Å². The fourth-order valence-electron chi connectivity index (χ4n) is 3.44. The molecule has 1 aromatic carbocycles. The van der Waals surface area contributed by atoms with Gasteiger partial charge in [0, 0.05) is 23.5 Å². The normalized spacial score (nSPS) is 11.5. The van der Waals surface area contributed by atoms with Gasteiger partial charge in [0.05, 0.1) is 5.39 Å². The lowest BCUT2D eigenvalue weighted by Crippen LogP contribution is -2.25. The van der Waals surface area contributed by atoms with Gasteiger partial charge < -0.3 is 4.90 Å². The Balaban J connectivity index is 2.19. The summed E-state index contributed by atoms with van der Waals surface area (Å²) in [4.78, 5) is 13.7. The zero-order chi connectivity index (χ0) is 19.6. The number of hydrogen-bond acceptors (Lipinski definition) is 4. The molecule has 27 heavy (non-hydrogen) atoms. The van der Waals surface area contributed by atoms with Gasteiger partial charge in [0.15, 0.2) is 0 Å². The van der Waals surface area contributed by atoms with Crippen LogP contribution in [0.1, 0.15) is 56.9 Å². The van der Waals surface area contributed by atoms with Crippen LogP contribution in [0.4, 0.5) is 5.82 Å². The van der Waals surface area contributed by atoms with Crippen LogP contribution in [0.5, 0.6) is 0 Å². The number of aromatic nitrogens is 2. The molecule has 0 aliphatic heterocycles. The smallest absolute Gasteiger partial charge is 0.225 e. The molecule has 0 N–H and O–H groups in total. The molecule has 0 atom stereocenters. The van der Waals surface area contributed by atoms with Crippen LogP contribution in [0, 0.1) is 6.92 Å². The van der Waals surface area contributed by atoms with Crippen molar-refractivity contribution in [3.05, 3.63) is 40.0 Å². The van der Waals surface area contributed by atoms with Gasteiger partial charge in [-0.05, 0) is 48.9 Å². The van der Waals surface area contributed by atoms with E-state index in [2.05, 4.69) is 73.8 Å². The van der Waals surface area contributed by atoms with E-state index in [9.17, 15) is 0 Å². The second kappa shape index (κ2) is 8.57. The number of hydrogen-bond donors (Lipinski definition) is 0. The van der Waals surface area contributed by atoms with Gasteiger partial charge in [-0.15, -0.1) is 11.3 Å². The number of rotatable bonds is 7. The van der Waals surface area contributed by atoms with E-state index in [0.29, 0.717) is 11.2 Å². The number of aryl methyl sites for hydroxylation is 1. The minimum absolute atomic E-state index is 0.329. The average Bonchev–Trinajstić information content (AvgIpc) is 2.97. The lowest BCUT2D eigenvalue weighted by molar-refractivity contribution is 0.726. The Kier molecular flexibility index (Phi) is 6.38. The number of fused-ring (bicyclic) bond motifs is 1. The molecule has 0 saturated carbocycles. The van der Waals surface area contributed by atoms with Crippen molar-refractivity contribution >= 4 is 39.0 Å². The van der Waals surface area contributed by atoms with Crippen LogP contribution in [0.3, 0.4) is 0 Å². The van der Waals surface area contributed by atoms with Crippen molar-refractivity contribution in [1.82, 2.24) is 9.97 Å². The Labute approximate surface area is 171 Å². The molecule has 0 bridgehead atoms. The van der Waals surface area contributed by atoms with Gasteiger partial charge in [0.2, 0.25) is 5.28 Å². The van der Waals surface area contributed by atoms with Crippen molar-refractivity contribution in [2.75, 3.05) is 18.0 Å². The van der Waals surface area contributed by atoms with E-state index in [0.717, 1.165) is 42.0 Å². The first-order valence-electron chi connectivity index (χ1n) is 9.78. The third-order valence-electron chi connectivity index (χ3n) is 5.01. The topological polar surface area (TPSA) is 29.0 Å². The quantitative estimate of drug-likeness (QED) is 0.396. The van der Waals surface area contributed by atoms with Crippen molar-refractivity contribution in [2.24, 2.45) is 0 Å². The molecule has 3 nitrogen and oxygen atoms in total. The van der Waals surface area contributed by atoms with Crippen molar-refractivity contribution in [2.45, 2.75) is 53.4 Å². The predicted molar refractivity (Wildman–Crippen MR) is 119 cm³/mol. The summed E-state index contributed by atoms with van der Waals surface area (Å²) >= 11 is 7.98. The lowest BCUT2D eigenvalue weighted by atomic mass is 9.97. The molecule has 0 aliphatic carbocycles. The van der Waals surface area contributed by atoms with E-state index in [-0.39, 0.29) is 0 Å². The van der Waals surface area contributed by atoms with E-state index in [1.54, 1.807) is 11.3 Å². The second-order valence-electron chi connectivity index (χ2n) is 7.24. The molecule has 0 saturated heterocycles. The minimum Gasteiger partial charge on any atom is -0.356 e. The van der Waals surface area contributed by atoms with Crippen LogP contribution < -0.4 is 4.90 Å². The monoisotopic (exact) mass is 401 g/mol. The van der Waals surface area contributed by atoms with Gasteiger partial charge in [-0.2, -0.15) is 4.98 Å². The molecule has 0 fully saturated rings. The molecule has 0 radical (unpaired) electrons. The fraction of sp³-hybridized carbons (Fsp3) is 0.455. The second-order valence-corrected chi connectivity index (χ2v) is 8.78. The summed E-state index contributed by atoms with van der Waals surface area (Å²) in [7, 11) is 0. The van der Waals surface area contributed by atoms with Crippen LogP contribution in [0.25, 0.3) is 21.3 Å². The number of benzene rings is 1. The molecular weight excluding hydrogens is 374 g/mol. The molecule has 5 heteroatoms. The first-order valence-corrected chi connectivity index (χ1v) is 11.0. The highest BCUT2D eigenvalue weighted by molar-refractivity contribution is 7.19. The highest BCUT2D eigenvalue weighted by atomic mass is 35.5. The molecule has 3 aromatic rings. The van der Waals surface area contributed by atoms with Crippen LogP contribution >= 0.6 is 22.9 Å². The lowest BCUT2D eigenvalue weighted by Gasteiger charge is -2.23. The Bertz CT molecular complexity index is 915. The molecule has 0 amide bonds. The van der Waals surface area contributed by atoms with Crippen molar-refractivity contribution in [1.29, 1.82) is 0 Å². The van der Waals surface area contributed by atoms with Gasteiger partial charge in [0.1, 0.15) is 10.6 Å². The van der Waals surface area contributed by atoms with Gasteiger partial charge in [-0.25, -0.2) is 4.98 Å². The number of nitrogens with zero attached hydrogens (tertiary/aromatic N) is 3. The van der Waals surface area contributed by atoms with E-state index in [1.807, 2.05) is 0 Å². The summed E-state index contributed by atoms with van der Waals surface area (Å²) < 4.78 is 0. The fourth-order valence-corrected chi connectivity index (χ4v) is 4.70. The largest absolute Gasteiger partial charge is 0.356 e. The zero-order valence-corrected chi connectivity index (χ0v) is 18.4. The third kappa shape index (κ3) is 4.12. The maximum Gasteiger partial charge on any atom is 0.225 e. The molecule has 0 aliphatic rings. The molecule has 0 unspecified atom stereocenters. The number of halogens is 1. The molecule has 144 valence electrons. The van der Waals surface area contributed by atoms with Crippen molar-refractivity contribution < 1.29 is 0 Å². The Morgan fingerprint density at radius 2 is 1.81 bits per heavy atom. The highest BCUT2D eigenvalue weighted by Crippen LogP contribution is 2.42. The van der Waals surface area contributed by atoms with E-state index in [4.69, 9.17) is 11.6 Å². The van der Waals surface area contributed by atoms with E-state index >= 15 is 0 Å². The summed E-state index contributed by atoms with van der Waals surface area (Å²) in [5.74, 6) is 1.50. The molecule has 2 aromatic heterocycles. The maximum absolute atomic E-state index is 6.28. The third-order valence-corrected chi connectivity index (χ3v) is 6.18. The van der Waals surface area contributed by atoms with Crippen LogP contribution in [0.15, 0.2) is 24.3 Å². The first kappa shape index (κ1) is 20.1. The summed E-state index contributed by atoms with van der Waals surface area (Å²) in [5, 5.41) is 1.47. The van der Waals surface area contributed by atoms with Crippen LogP contribution in [-0.4, -0.2) is 23.1 Å². The summed E-state index contributed by atoms with van der Waals surface area (Å²) in [6, 6.07) is 8.91. The number of unbranched alkanes of at least 4 members (excludes halogenated alkanes) is 1. The Hall–Kier alpha value is -1.65. The van der Waals surface area contributed by atoms with Crippen molar-refractivity contribution in [3.63, 3.8) is 0 Å². The van der Waals surface area contributed by atoms with E-state index < -0.39 is 0 Å². The Morgan fingerprint density at radius 1 is 1.11 bits per heavy atom. The predicted octanol–water partition coefficient (Wildman–Crippen LogP) is 7.07. The van der Waals surface area contributed by atoms with Gasteiger partial charge in [0.25, 0.3) is 0 Å². The SMILES string of the molecule is CCCCN(CC)c1nc(Cl)nc2sc(C)c(-c3ccc(C(C)C)cc3)c12. The summed E-state index contributed by atoms with van der Waals surface area (Å²) in [6.07, 6.45) is 2.29. The highest BCUT2D eigenvalue weighted by Gasteiger charge is 2.21. The van der Waals surface area contributed by atoms with Gasteiger partial charge in [-0.3, -0.25) is 0 Å². The summed E-state index contributed by atoms with van der Waals surface area (Å²) in [6.45, 7) is 12.9. The molecule has 2 heterocycles.